The molecular weight excluding hydrogens is 253 g/mol. The van der Waals surface area contributed by atoms with Gasteiger partial charge in [-0.3, -0.25) is 0 Å². The molecule has 1 heterocycles. The minimum absolute atomic E-state index is 0.139. The second-order valence-electron chi connectivity index (χ2n) is 4.87. The summed E-state index contributed by atoms with van der Waals surface area (Å²) in [7, 11) is 0. The number of hydrogen-bond acceptors (Lipinski definition) is 3. The maximum atomic E-state index is 13.6. The molecule has 0 bridgehead atoms. The number of aromatic nitrogens is 1. The highest BCUT2D eigenvalue weighted by atomic mass is 19.1. The Bertz CT molecular complexity index is 584. The molecule has 0 saturated carbocycles. The van der Waals surface area contributed by atoms with Crippen molar-refractivity contribution >= 4 is 5.82 Å². The summed E-state index contributed by atoms with van der Waals surface area (Å²) in [5, 5.41) is 3.42. The first kappa shape index (κ1) is 14.5. The third-order valence-electron chi connectivity index (χ3n) is 3.33. The lowest BCUT2D eigenvalue weighted by molar-refractivity contribution is 0.583. The lowest BCUT2D eigenvalue weighted by atomic mass is 9.95. The molecule has 106 valence electrons. The van der Waals surface area contributed by atoms with Crippen molar-refractivity contribution in [2.24, 2.45) is 0 Å². The number of nitrogen functional groups attached to an aromatic ring is 1. The standard InChI is InChI=1S/C16H20FN3/c1-3-8-19-15(13-5-4-9-20-16(13)18)14-10-12(17)7-6-11(14)2/h4-7,9-10,15,19H,3,8H2,1-2H3,(H2,18,20). The highest BCUT2D eigenvalue weighted by molar-refractivity contribution is 5.47. The van der Waals surface area contributed by atoms with Gasteiger partial charge in [-0.25, -0.2) is 9.37 Å². The SMILES string of the molecule is CCCNC(c1cc(F)ccc1C)c1cccnc1N. The number of aryl methyl sites for hydroxylation is 1. The molecule has 1 unspecified atom stereocenters. The molecule has 0 saturated heterocycles. The van der Waals surface area contributed by atoms with Crippen LogP contribution in [-0.2, 0) is 0 Å². The fourth-order valence-corrected chi connectivity index (χ4v) is 2.27. The van der Waals surface area contributed by atoms with E-state index >= 15 is 0 Å². The molecular formula is C16H20FN3. The van der Waals surface area contributed by atoms with Crippen molar-refractivity contribution in [2.75, 3.05) is 12.3 Å². The van der Waals surface area contributed by atoms with Gasteiger partial charge in [-0.1, -0.05) is 19.1 Å². The van der Waals surface area contributed by atoms with E-state index in [2.05, 4.69) is 17.2 Å². The van der Waals surface area contributed by atoms with E-state index < -0.39 is 0 Å². The topological polar surface area (TPSA) is 50.9 Å². The number of rotatable bonds is 5. The summed E-state index contributed by atoms with van der Waals surface area (Å²) < 4.78 is 13.6. The molecule has 0 aliphatic rings. The number of nitrogens with zero attached hydrogens (tertiary/aromatic N) is 1. The summed E-state index contributed by atoms with van der Waals surface area (Å²) in [6.07, 6.45) is 2.65. The average molecular weight is 273 g/mol. The molecule has 3 nitrogen and oxygen atoms in total. The summed E-state index contributed by atoms with van der Waals surface area (Å²) in [4.78, 5) is 4.13. The fraction of sp³-hybridized carbons (Fsp3) is 0.312. The van der Waals surface area contributed by atoms with Gasteiger partial charge in [0.2, 0.25) is 0 Å². The van der Waals surface area contributed by atoms with E-state index in [-0.39, 0.29) is 11.9 Å². The largest absolute Gasteiger partial charge is 0.383 e. The van der Waals surface area contributed by atoms with Crippen LogP contribution in [0.4, 0.5) is 10.2 Å². The molecule has 0 aliphatic carbocycles. The zero-order valence-electron chi connectivity index (χ0n) is 11.9. The van der Waals surface area contributed by atoms with Gasteiger partial charge >= 0.3 is 0 Å². The molecule has 2 rings (SSSR count). The van der Waals surface area contributed by atoms with Gasteiger partial charge in [0.15, 0.2) is 0 Å². The number of pyridine rings is 1. The zero-order valence-corrected chi connectivity index (χ0v) is 11.9. The number of benzene rings is 1. The molecule has 2 aromatic rings. The van der Waals surface area contributed by atoms with E-state index in [0.717, 1.165) is 29.7 Å². The van der Waals surface area contributed by atoms with Crippen LogP contribution in [0.2, 0.25) is 0 Å². The maximum Gasteiger partial charge on any atom is 0.128 e. The molecule has 4 heteroatoms. The van der Waals surface area contributed by atoms with Gasteiger partial charge in [0.1, 0.15) is 11.6 Å². The van der Waals surface area contributed by atoms with Crippen molar-refractivity contribution in [3.8, 4) is 0 Å². The van der Waals surface area contributed by atoms with Crippen LogP contribution >= 0.6 is 0 Å². The molecule has 0 amide bonds. The molecule has 1 atom stereocenters. The second kappa shape index (κ2) is 6.48. The zero-order chi connectivity index (χ0) is 14.5. The molecule has 0 aliphatic heterocycles. The number of anilines is 1. The third kappa shape index (κ3) is 3.14. The van der Waals surface area contributed by atoms with E-state index in [0.29, 0.717) is 5.82 Å². The minimum atomic E-state index is -0.239. The van der Waals surface area contributed by atoms with Crippen molar-refractivity contribution in [1.29, 1.82) is 0 Å². The van der Waals surface area contributed by atoms with Crippen molar-refractivity contribution in [3.05, 3.63) is 59.0 Å². The third-order valence-corrected chi connectivity index (χ3v) is 3.33. The monoisotopic (exact) mass is 273 g/mol. The van der Waals surface area contributed by atoms with Crippen molar-refractivity contribution < 1.29 is 4.39 Å². The Morgan fingerprint density at radius 2 is 2.10 bits per heavy atom. The normalized spacial score (nSPS) is 12.3. The van der Waals surface area contributed by atoms with E-state index in [4.69, 9.17) is 5.73 Å². The van der Waals surface area contributed by atoms with Gasteiger partial charge in [0, 0.05) is 11.8 Å². The summed E-state index contributed by atoms with van der Waals surface area (Å²) >= 11 is 0. The molecule has 20 heavy (non-hydrogen) atoms. The molecule has 1 aromatic heterocycles. The Labute approximate surface area is 119 Å². The van der Waals surface area contributed by atoms with Gasteiger partial charge < -0.3 is 11.1 Å². The van der Waals surface area contributed by atoms with Gasteiger partial charge in [0.25, 0.3) is 0 Å². The number of nitrogens with one attached hydrogen (secondary N) is 1. The predicted octanol–water partition coefficient (Wildman–Crippen LogP) is 3.20. The Kier molecular flexibility index (Phi) is 4.69. The van der Waals surface area contributed by atoms with Crippen molar-refractivity contribution in [2.45, 2.75) is 26.3 Å². The highest BCUT2D eigenvalue weighted by Crippen LogP contribution is 2.28. The van der Waals surface area contributed by atoms with E-state index in [1.54, 1.807) is 18.3 Å². The fourth-order valence-electron chi connectivity index (χ4n) is 2.27. The van der Waals surface area contributed by atoms with Crippen LogP contribution in [0, 0.1) is 12.7 Å². The molecule has 0 fully saturated rings. The van der Waals surface area contributed by atoms with Crippen LogP contribution in [0.25, 0.3) is 0 Å². The van der Waals surface area contributed by atoms with Crippen molar-refractivity contribution in [3.63, 3.8) is 0 Å². The smallest absolute Gasteiger partial charge is 0.128 e. The molecule has 0 radical (unpaired) electrons. The summed E-state index contributed by atoms with van der Waals surface area (Å²) in [5.41, 5.74) is 8.79. The van der Waals surface area contributed by atoms with Crippen LogP contribution < -0.4 is 11.1 Å². The minimum Gasteiger partial charge on any atom is -0.383 e. The predicted molar refractivity (Wildman–Crippen MR) is 79.9 cm³/mol. The van der Waals surface area contributed by atoms with E-state index in [9.17, 15) is 4.39 Å². The van der Waals surface area contributed by atoms with Gasteiger partial charge in [-0.2, -0.15) is 0 Å². The molecule has 3 N–H and O–H groups in total. The van der Waals surface area contributed by atoms with E-state index in [1.165, 1.54) is 6.07 Å². The number of hydrogen-bond donors (Lipinski definition) is 2. The Hall–Kier alpha value is -1.94. The van der Waals surface area contributed by atoms with Crippen LogP contribution in [0.15, 0.2) is 36.5 Å². The number of halogens is 1. The van der Waals surface area contributed by atoms with Gasteiger partial charge in [-0.05, 0) is 49.2 Å². The first-order valence-electron chi connectivity index (χ1n) is 6.83. The Morgan fingerprint density at radius 3 is 2.80 bits per heavy atom. The van der Waals surface area contributed by atoms with Crippen LogP contribution in [0.5, 0.6) is 0 Å². The van der Waals surface area contributed by atoms with Crippen LogP contribution in [0.3, 0.4) is 0 Å². The van der Waals surface area contributed by atoms with Gasteiger partial charge in [-0.15, -0.1) is 0 Å². The number of nitrogens with two attached hydrogens (primary N) is 1. The average Bonchev–Trinajstić information content (AvgIpc) is 2.44. The second-order valence-corrected chi connectivity index (χ2v) is 4.87. The lowest BCUT2D eigenvalue weighted by Gasteiger charge is -2.22. The highest BCUT2D eigenvalue weighted by Gasteiger charge is 2.18. The molecule has 1 aromatic carbocycles. The lowest BCUT2D eigenvalue weighted by Crippen LogP contribution is -2.25. The van der Waals surface area contributed by atoms with Crippen LogP contribution in [-0.4, -0.2) is 11.5 Å². The maximum absolute atomic E-state index is 13.6. The van der Waals surface area contributed by atoms with Crippen molar-refractivity contribution in [1.82, 2.24) is 10.3 Å². The summed E-state index contributed by atoms with van der Waals surface area (Å²) in [6.45, 7) is 4.89. The Morgan fingerprint density at radius 1 is 1.30 bits per heavy atom. The quantitative estimate of drug-likeness (QED) is 0.879. The first-order chi connectivity index (χ1) is 9.63. The molecule has 0 spiro atoms. The van der Waals surface area contributed by atoms with E-state index in [1.807, 2.05) is 19.1 Å². The Balaban J connectivity index is 2.47. The van der Waals surface area contributed by atoms with Crippen LogP contribution in [0.1, 0.15) is 36.1 Å². The summed E-state index contributed by atoms with van der Waals surface area (Å²) in [5.74, 6) is 0.237. The van der Waals surface area contributed by atoms with Gasteiger partial charge in [0.05, 0.1) is 6.04 Å². The first-order valence-corrected chi connectivity index (χ1v) is 6.83. The summed E-state index contributed by atoms with van der Waals surface area (Å²) in [6, 6.07) is 8.47.